The molecule has 0 radical (unpaired) electrons. The van der Waals surface area contributed by atoms with E-state index in [-0.39, 0.29) is 11.9 Å². The van der Waals surface area contributed by atoms with E-state index in [2.05, 4.69) is 15.4 Å². The van der Waals surface area contributed by atoms with Gasteiger partial charge in [-0.3, -0.25) is 14.8 Å². The van der Waals surface area contributed by atoms with E-state index in [1.54, 1.807) is 16.9 Å². The minimum atomic E-state index is -0.253. The van der Waals surface area contributed by atoms with Crippen LogP contribution in [-0.2, 0) is 0 Å². The van der Waals surface area contributed by atoms with Gasteiger partial charge in [0.1, 0.15) is 5.75 Å². The molecule has 1 aromatic carbocycles. The Labute approximate surface area is 156 Å². The van der Waals surface area contributed by atoms with Crippen LogP contribution < -0.4 is 10.1 Å². The van der Waals surface area contributed by atoms with Crippen molar-refractivity contribution in [3.63, 3.8) is 0 Å². The largest absolute Gasteiger partial charge is 0.494 e. The molecule has 2 aromatic heterocycles. The normalized spacial score (nSPS) is 11.0. The highest BCUT2D eigenvalue weighted by Crippen LogP contribution is 2.31. The molecule has 3 rings (SSSR count). The summed E-state index contributed by atoms with van der Waals surface area (Å²) >= 11 is 1.45. The van der Waals surface area contributed by atoms with Gasteiger partial charge in [-0.15, -0.1) is 11.3 Å². The second-order valence-corrected chi connectivity index (χ2v) is 7.31. The molecule has 0 aliphatic heterocycles. The first-order chi connectivity index (χ1) is 12.5. The van der Waals surface area contributed by atoms with E-state index in [9.17, 15) is 4.79 Å². The Morgan fingerprint density at radius 3 is 2.62 bits per heavy atom. The van der Waals surface area contributed by atoms with Crippen LogP contribution in [0.1, 0.15) is 42.2 Å². The first-order valence-electron chi connectivity index (χ1n) is 8.55. The average molecular weight is 370 g/mol. The number of benzene rings is 1. The number of carbonyl (C=O) groups excluding carboxylic acids is 1. The lowest BCUT2D eigenvalue weighted by molar-refractivity contribution is 0.102. The van der Waals surface area contributed by atoms with Gasteiger partial charge in [-0.05, 0) is 58.0 Å². The van der Waals surface area contributed by atoms with E-state index < -0.39 is 0 Å². The smallest absolute Gasteiger partial charge is 0.277 e. The molecule has 1 amide bonds. The molecule has 0 unspecified atom stereocenters. The molecule has 0 aliphatic carbocycles. The third kappa shape index (κ3) is 3.94. The summed E-state index contributed by atoms with van der Waals surface area (Å²) in [6.07, 6.45) is 1.80. The van der Waals surface area contributed by atoms with Crippen molar-refractivity contribution >= 4 is 22.4 Å². The monoisotopic (exact) mass is 370 g/mol. The summed E-state index contributed by atoms with van der Waals surface area (Å²) in [6, 6.07) is 9.72. The molecule has 7 heteroatoms. The second-order valence-electron chi connectivity index (χ2n) is 6.11. The topological polar surface area (TPSA) is 69.0 Å². The minimum Gasteiger partial charge on any atom is -0.494 e. The summed E-state index contributed by atoms with van der Waals surface area (Å²) in [7, 11) is 0. The lowest BCUT2D eigenvalue weighted by atomic mass is 10.1. The van der Waals surface area contributed by atoms with Gasteiger partial charge >= 0.3 is 0 Å². The van der Waals surface area contributed by atoms with Crippen LogP contribution in [0.3, 0.4) is 0 Å². The number of carbonyl (C=O) groups is 1. The van der Waals surface area contributed by atoms with Crippen LogP contribution in [0.5, 0.6) is 5.75 Å². The third-order valence-electron chi connectivity index (χ3n) is 3.83. The zero-order valence-corrected chi connectivity index (χ0v) is 16.1. The highest BCUT2D eigenvalue weighted by molar-refractivity contribution is 7.16. The fraction of sp³-hybridized carbons (Fsp3) is 0.316. The standard InChI is InChI=1S/C19H22N4O2S/c1-5-25-15-8-6-14(7-9-15)17-13(4)26-19(20-17)21-18(24)16-10-11-23(22-16)12(2)3/h6-12H,5H2,1-4H3,(H,20,21,24). The van der Waals surface area contributed by atoms with Crippen molar-refractivity contribution in [3.8, 4) is 17.0 Å². The Morgan fingerprint density at radius 2 is 2.00 bits per heavy atom. The van der Waals surface area contributed by atoms with Gasteiger partial charge in [0, 0.05) is 22.7 Å². The zero-order chi connectivity index (χ0) is 18.7. The van der Waals surface area contributed by atoms with Gasteiger partial charge in [-0.25, -0.2) is 4.98 Å². The number of thiazole rings is 1. The number of aryl methyl sites for hydroxylation is 1. The van der Waals surface area contributed by atoms with Gasteiger partial charge < -0.3 is 4.74 Å². The van der Waals surface area contributed by atoms with E-state index in [4.69, 9.17) is 4.74 Å². The highest BCUT2D eigenvalue weighted by Gasteiger charge is 2.15. The van der Waals surface area contributed by atoms with E-state index in [0.717, 1.165) is 21.9 Å². The molecule has 1 N–H and O–H groups in total. The van der Waals surface area contributed by atoms with Crippen molar-refractivity contribution in [3.05, 3.63) is 47.1 Å². The predicted octanol–water partition coefficient (Wildman–Crippen LogP) is 4.55. The molecule has 0 spiro atoms. The maximum absolute atomic E-state index is 12.4. The molecule has 0 atom stereocenters. The molecule has 26 heavy (non-hydrogen) atoms. The Bertz CT molecular complexity index is 897. The molecule has 2 heterocycles. The number of nitrogens with one attached hydrogen (secondary N) is 1. The predicted molar refractivity (Wildman–Crippen MR) is 104 cm³/mol. The third-order valence-corrected chi connectivity index (χ3v) is 4.71. The van der Waals surface area contributed by atoms with E-state index in [0.29, 0.717) is 17.4 Å². The number of amides is 1. The average Bonchev–Trinajstić information content (AvgIpc) is 3.23. The Morgan fingerprint density at radius 1 is 1.27 bits per heavy atom. The maximum atomic E-state index is 12.4. The molecule has 0 aliphatic rings. The van der Waals surface area contributed by atoms with E-state index in [1.165, 1.54) is 11.3 Å². The Hall–Kier alpha value is -2.67. The summed E-state index contributed by atoms with van der Waals surface area (Å²) in [6.45, 7) is 8.62. The van der Waals surface area contributed by atoms with Crippen molar-refractivity contribution in [2.24, 2.45) is 0 Å². The summed E-state index contributed by atoms with van der Waals surface area (Å²) in [4.78, 5) is 18.0. The molecular formula is C19H22N4O2S. The van der Waals surface area contributed by atoms with Crippen LogP contribution in [0.25, 0.3) is 11.3 Å². The second kappa shape index (κ2) is 7.70. The summed E-state index contributed by atoms with van der Waals surface area (Å²) in [5.41, 5.74) is 2.24. The van der Waals surface area contributed by atoms with Gasteiger partial charge in [0.2, 0.25) is 0 Å². The van der Waals surface area contributed by atoms with E-state index >= 15 is 0 Å². The number of hydrogen-bond acceptors (Lipinski definition) is 5. The lowest BCUT2D eigenvalue weighted by Gasteiger charge is -2.04. The van der Waals surface area contributed by atoms with Crippen LogP contribution in [0, 0.1) is 6.92 Å². The van der Waals surface area contributed by atoms with Gasteiger partial charge in [0.25, 0.3) is 5.91 Å². The van der Waals surface area contributed by atoms with Crippen LogP contribution >= 0.6 is 11.3 Å². The number of anilines is 1. The SMILES string of the molecule is CCOc1ccc(-c2nc(NC(=O)c3ccn(C(C)C)n3)sc2C)cc1. The number of nitrogens with zero attached hydrogens (tertiary/aromatic N) is 3. The van der Waals surface area contributed by atoms with Gasteiger partial charge in [-0.1, -0.05) is 0 Å². The quantitative estimate of drug-likeness (QED) is 0.691. The molecule has 136 valence electrons. The summed E-state index contributed by atoms with van der Waals surface area (Å²) in [5.74, 6) is 0.579. The van der Waals surface area contributed by atoms with Gasteiger partial charge in [0.15, 0.2) is 10.8 Å². The Kier molecular flexibility index (Phi) is 5.37. The van der Waals surface area contributed by atoms with Crippen LogP contribution in [-0.4, -0.2) is 27.3 Å². The van der Waals surface area contributed by atoms with Crippen LogP contribution in [0.4, 0.5) is 5.13 Å². The van der Waals surface area contributed by atoms with Crippen molar-refractivity contribution in [1.82, 2.24) is 14.8 Å². The fourth-order valence-electron chi connectivity index (χ4n) is 2.50. The van der Waals surface area contributed by atoms with Gasteiger partial charge in [-0.2, -0.15) is 5.10 Å². The highest BCUT2D eigenvalue weighted by atomic mass is 32.1. The number of ether oxygens (including phenoxy) is 1. The van der Waals surface area contributed by atoms with Gasteiger partial charge in [0.05, 0.1) is 12.3 Å². The number of hydrogen-bond donors (Lipinski definition) is 1. The fourth-order valence-corrected chi connectivity index (χ4v) is 3.33. The van der Waals surface area contributed by atoms with Crippen molar-refractivity contribution < 1.29 is 9.53 Å². The summed E-state index contributed by atoms with van der Waals surface area (Å²) in [5, 5.41) is 7.69. The molecular weight excluding hydrogens is 348 g/mol. The number of aromatic nitrogens is 3. The van der Waals surface area contributed by atoms with Crippen LogP contribution in [0.2, 0.25) is 0 Å². The molecule has 0 fully saturated rings. The summed E-state index contributed by atoms with van der Waals surface area (Å²) < 4.78 is 7.23. The van der Waals surface area contributed by atoms with Crippen molar-refractivity contribution in [2.45, 2.75) is 33.7 Å². The molecule has 0 bridgehead atoms. The van der Waals surface area contributed by atoms with E-state index in [1.807, 2.05) is 52.0 Å². The lowest BCUT2D eigenvalue weighted by Crippen LogP contribution is -2.13. The number of rotatable bonds is 6. The molecule has 3 aromatic rings. The van der Waals surface area contributed by atoms with Crippen LogP contribution in [0.15, 0.2) is 36.5 Å². The first kappa shape index (κ1) is 18.1. The molecule has 6 nitrogen and oxygen atoms in total. The van der Waals surface area contributed by atoms with Crippen molar-refractivity contribution in [1.29, 1.82) is 0 Å². The minimum absolute atomic E-state index is 0.213. The molecule has 0 saturated heterocycles. The van der Waals surface area contributed by atoms with Crippen molar-refractivity contribution in [2.75, 3.05) is 11.9 Å². The zero-order valence-electron chi connectivity index (χ0n) is 15.3. The first-order valence-corrected chi connectivity index (χ1v) is 9.36. The Balaban J connectivity index is 1.75. The molecule has 0 saturated carbocycles. The maximum Gasteiger partial charge on any atom is 0.277 e.